The molecule has 1 aromatic carbocycles. The van der Waals surface area contributed by atoms with Crippen molar-refractivity contribution in [2.24, 2.45) is 5.73 Å². The first-order valence-corrected chi connectivity index (χ1v) is 5.35. The van der Waals surface area contributed by atoms with Gasteiger partial charge in [0.05, 0.1) is 0 Å². The van der Waals surface area contributed by atoms with E-state index in [0.29, 0.717) is 19.5 Å². The number of nitrogens with two attached hydrogens (primary N) is 1. The minimum atomic E-state index is -0.272. The van der Waals surface area contributed by atoms with Crippen LogP contribution in [0.4, 0.5) is 4.39 Å². The molecule has 0 radical (unpaired) electrons. The van der Waals surface area contributed by atoms with Crippen LogP contribution in [0.15, 0.2) is 24.3 Å². The Hall–Kier alpha value is -1.42. The van der Waals surface area contributed by atoms with Crippen LogP contribution in [0.5, 0.6) is 0 Å². The summed E-state index contributed by atoms with van der Waals surface area (Å²) in [5, 5.41) is 2.69. The van der Waals surface area contributed by atoms with Crippen LogP contribution in [0.25, 0.3) is 0 Å². The highest BCUT2D eigenvalue weighted by molar-refractivity contribution is 5.76. The van der Waals surface area contributed by atoms with E-state index in [4.69, 9.17) is 5.73 Å². The Morgan fingerprint density at radius 3 is 2.94 bits per heavy atom. The lowest BCUT2D eigenvalue weighted by Crippen LogP contribution is -2.29. The van der Waals surface area contributed by atoms with Crippen LogP contribution in [-0.4, -0.2) is 19.0 Å². The zero-order chi connectivity index (χ0) is 12.0. The maximum atomic E-state index is 13.0. The number of carbonyl (C=O) groups excluding carboxylic acids is 1. The number of halogens is 1. The van der Waals surface area contributed by atoms with Crippen LogP contribution in [0.3, 0.4) is 0 Å². The Labute approximate surface area is 94.8 Å². The molecule has 1 atom stereocenters. The third kappa shape index (κ3) is 3.98. The first-order valence-electron chi connectivity index (χ1n) is 5.35. The van der Waals surface area contributed by atoms with Gasteiger partial charge in [0.2, 0.25) is 5.91 Å². The molecule has 1 amide bonds. The maximum absolute atomic E-state index is 13.0. The van der Waals surface area contributed by atoms with Crippen molar-refractivity contribution < 1.29 is 9.18 Å². The normalized spacial score (nSPS) is 12.2. The lowest BCUT2D eigenvalue weighted by molar-refractivity contribution is -0.121. The van der Waals surface area contributed by atoms with Crippen molar-refractivity contribution in [2.45, 2.75) is 19.3 Å². The number of nitrogens with one attached hydrogen (secondary N) is 1. The Kier molecular flexibility index (Phi) is 4.92. The summed E-state index contributed by atoms with van der Waals surface area (Å²) < 4.78 is 13.0. The quantitative estimate of drug-likeness (QED) is 0.794. The van der Waals surface area contributed by atoms with Crippen molar-refractivity contribution in [1.82, 2.24) is 5.32 Å². The molecule has 1 aromatic rings. The Morgan fingerprint density at radius 2 is 2.31 bits per heavy atom. The van der Waals surface area contributed by atoms with E-state index in [2.05, 4.69) is 5.32 Å². The molecule has 1 unspecified atom stereocenters. The second-order valence-corrected chi connectivity index (χ2v) is 3.80. The highest BCUT2D eigenvalue weighted by atomic mass is 19.1. The Balaban J connectivity index is 2.52. The number of amides is 1. The first-order chi connectivity index (χ1) is 7.63. The minimum Gasteiger partial charge on any atom is -0.355 e. The van der Waals surface area contributed by atoms with Crippen LogP contribution >= 0.6 is 0 Å². The molecule has 0 saturated carbocycles. The van der Waals surface area contributed by atoms with Gasteiger partial charge >= 0.3 is 0 Å². The summed E-state index contributed by atoms with van der Waals surface area (Å²) in [6, 6.07) is 6.33. The van der Waals surface area contributed by atoms with E-state index in [0.717, 1.165) is 5.56 Å². The van der Waals surface area contributed by atoms with Crippen molar-refractivity contribution >= 4 is 5.91 Å². The molecule has 0 fully saturated rings. The van der Waals surface area contributed by atoms with E-state index >= 15 is 0 Å². The van der Waals surface area contributed by atoms with Gasteiger partial charge in [-0.3, -0.25) is 4.79 Å². The largest absolute Gasteiger partial charge is 0.355 e. The molecule has 4 heteroatoms. The highest BCUT2D eigenvalue weighted by Gasteiger charge is 2.11. The summed E-state index contributed by atoms with van der Waals surface area (Å²) >= 11 is 0. The van der Waals surface area contributed by atoms with Crippen LogP contribution in [0, 0.1) is 5.82 Å². The Morgan fingerprint density at radius 1 is 1.56 bits per heavy atom. The van der Waals surface area contributed by atoms with Crippen LogP contribution in [0.2, 0.25) is 0 Å². The standard InChI is InChI=1S/C12H17FN2O/c1-9(7-12(16)15-6-5-14)10-3-2-4-11(13)8-10/h2-4,8-9H,5-7,14H2,1H3,(H,15,16). The van der Waals surface area contributed by atoms with Gasteiger partial charge in [-0.05, 0) is 23.6 Å². The highest BCUT2D eigenvalue weighted by Crippen LogP contribution is 2.19. The molecule has 16 heavy (non-hydrogen) atoms. The van der Waals surface area contributed by atoms with Gasteiger partial charge in [0.25, 0.3) is 0 Å². The van der Waals surface area contributed by atoms with Crippen LogP contribution < -0.4 is 11.1 Å². The van der Waals surface area contributed by atoms with Crippen LogP contribution in [0.1, 0.15) is 24.8 Å². The van der Waals surface area contributed by atoms with E-state index in [9.17, 15) is 9.18 Å². The number of carbonyl (C=O) groups is 1. The Bertz CT molecular complexity index is 355. The third-order valence-corrected chi connectivity index (χ3v) is 2.38. The molecule has 3 N–H and O–H groups in total. The van der Waals surface area contributed by atoms with E-state index in [1.54, 1.807) is 6.07 Å². The molecule has 1 rings (SSSR count). The fourth-order valence-corrected chi connectivity index (χ4v) is 1.49. The smallest absolute Gasteiger partial charge is 0.220 e. The zero-order valence-corrected chi connectivity index (χ0v) is 9.37. The molecule has 0 aromatic heterocycles. The zero-order valence-electron chi connectivity index (χ0n) is 9.37. The summed E-state index contributed by atoms with van der Waals surface area (Å²) in [7, 11) is 0. The minimum absolute atomic E-state index is 0.00785. The molecular weight excluding hydrogens is 207 g/mol. The fraction of sp³-hybridized carbons (Fsp3) is 0.417. The monoisotopic (exact) mass is 224 g/mol. The van der Waals surface area contributed by atoms with E-state index in [1.807, 2.05) is 13.0 Å². The van der Waals surface area contributed by atoms with Crippen molar-refractivity contribution in [3.8, 4) is 0 Å². The molecule has 0 heterocycles. The maximum Gasteiger partial charge on any atom is 0.220 e. The van der Waals surface area contributed by atoms with Gasteiger partial charge in [-0.2, -0.15) is 0 Å². The molecular formula is C12H17FN2O. The molecule has 0 saturated heterocycles. The van der Waals surface area contributed by atoms with Crippen molar-refractivity contribution in [3.63, 3.8) is 0 Å². The average Bonchev–Trinajstić information content (AvgIpc) is 2.26. The second kappa shape index (κ2) is 6.23. The summed E-state index contributed by atoms with van der Waals surface area (Å²) in [5.74, 6) is -0.317. The predicted octanol–water partition coefficient (Wildman–Crippen LogP) is 1.39. The summed E-state index contributed by atoms with van der Waals surface area (Å²) in [6.07, 6.45) is 0.351. The van der Waals surface area contributed by atoms with E-state index < -0.39 is 0 Å². The summed E-state index contributed by atoms with van der Waals surface area (Å²) in [6.45, 7) is 2.81. The van der Waals surface area contributed by atoms with Gasteiger partial charge in [0.1, 0.15) is 5.82 Å². The molecule has 0 aliphatic heterocycles. The molecule has 0 spiro atoms. The van der Waals surface area contributed by atoms with Gasteiger partial charge in [0, 0.05) is 19.5 Å². The van der Waals surface area contributed by atoms with Crippen molar-refractivity contribution in [3.05, 3.63) is 35.6 Å². The lowest BCUT2D eigenvalue weighted by Gasteiger charge is -2.11. The SMILES string of the molecule is CC(CC(=O)NCCN)c1cccc(F)c1. The summed E-state index contributed by atoms with van der Waals surface area (Å²) in [4.78, 5) is 11.4. The number of hydrogen-bond acceptors (Lipinski definition) is 2. The van der Waals surface area contributed by atoms with E-state index in [1.165, 1.54) is 12.1 Å². The van der Waals surface area contributed by atoms with Crippen molar-refractivity contribution in [1.29, 1.82) is 0 Å². The van der Waals surface area contributed by atoms with Crippen molar-refractivity contribution in [2.75, 3.05) is 13.1 Å². The van der Waals surface area contributed by atoms with Gasteiger partial charge in [-0.15, -0.1) is 0 Å². The summed E-state index contributed by atoms with van der Waals surface area (Å²) in [5.41, 5.74) is 6.11. The first kappa shape index (κ1) is 12.6. The fourth-order valence-electron chi connectivity index (χ4n) is 1.49. The molecule has 88 valence electrons. The van der Waals surface area contributed by atoms with Gasteiger partial charge < -0.3 is 11.1 Å². The molecule has 3 nitrogen and oxygen atoms in total. The number of rotatable bonds is 5. The molecule has 0 aliphatic rings. The van der Waals surface area contributed by atoms with Gasteiger partial charge in [0.15, 0.2) is 0 Å². The van der Waals surface area contributed by atoms with Gasteiger partial charge in [-0.25, -0.2) is 4.39 Å². The molecule has 0 bridgehead atoms. The number of benzene rings is 1. The number of hydrogen-bond donors (Lipinski definition) is 2. The third-order valence-electron chi connectivity index (χ3n) is 2.38. The molecule has 0 aliphatic carbocycles. The van der Waals surface area contributed by atoms with Gasteiger partial charge in [-0.1, -0.05) is 19.1 Å². The average molecular weight is 224 g/mol. The second-order valence-electron chi connectivity index (χ2n) is 3.80. The lowest BCUT2D eigenvalue weighted by atomic mass is 9.97. The predicted molar refractivity (Wildman–Crippen MR) is 61.5 cm³/mol. The van der Waals surface area contributed by atoms with Crippen LogP contribution in [-0.2, 0) is 4.79 Å². The topological polar surface area (TPSA) is 55.1 Å². The van der Waals surface area contributed by atoms with E-state index in [-0.39, 0.29) is 17.6 Å².